The van der Waals surface area contributed by atoms with Crippen LogP contribution in [0, 0.1) is 13.8 Å². The summed E-state index contributed by atoms with van der Waals surface area (Å²) in [7, 11) is 1.27. The van der Waals surface area contributed by atoms with Gasteiger partial charge in [-0.3, -0.25) is 14.3 Å². The second kappa shape index (κ2) is 8.33. The van der Waals surface area contributed by atoms with E-state index in [-0.39, 0.29) is 12.4 Å². The summed E-state index contributed by atoms with van der Waals surface area (Å²) in [5, 5.41) is 0. The quantitative estimate of drug-likeness (QED) is 0.632. The third-order valence-electron chi connectivity index (χ3n) is 3.75. The van der Waals surface area contributed by atoms with Crippen molar-refractivity contribution in [3.63, 3.8) is 0 Å². The first-order chi connectivity index (χ1) is 12.3. The Morgan fingerprint density at radius 3 is 2.42 bits per heavy atom. The van der Waals surface area contributed by atoms with Crippen molar-refractivity contribution in [1.29, 1.82) is 0 Å². The summed E-state index contributed by atoms with van der Waals surface area (Å²) in [5.41, 5.74) is 1.27. The van der Waals surface area contributed by atoms with E-state index in [1.54, 1.807) is 6.92 Å². The van der Waals surface area contributed by atoms with Crippen molar-refractivity contribution in [3.8, 4) is 11.6 Å². The van der Waals surface area contributed by atoms with Gasteiger partial charge in [0.2, 0.25) is 5.88 Å². The molecule has 2 rings (SSSR count). The number of aromatic amines is 1. The van der Waals surface area contributed by atoms with Crippen molar-refractivity contribution in [3.05, 3.63) is 67.9 Å². The normalized spacial score (nSPS) is 10.9. The number of nitrogens with zero attached hydrogens (tertiary/aromatic N) is 1. The van der Waals surface area contributed by atoms with Gasteiger partial charge in [0.1, 0.15) is 5.75 Å². The van der Waals surface area contributed by atoms with Crippen LogP contribution in [0.1, 0.15) is 23.6 Å². The average molecular weight is 358 g/mol. The summed E-state index contributed by atoms with van der Waals surface area (Å²) in [6.45, 7) is 5.73. The monoisotopic (exact) mass is 358 g/mol. The van der Waals surface area contributed by atoms with E-state index in [9.17, 15) is 14.4 Å². The number of carbonyl (C=O) groups is 1. The Balaban J connectivity index is 2.53. The molecule has 1 aromatic carbocycles. The predicted molar refractivity (Wildman–Crippen MR) is 97.8 cm³/mol. The number of carbonyl (C=O) groups excluding carboxylic acids is 1. The predicted octanol–water partition coefficient (Wildman–Crippen LogP) is 2.24. The SMILES string of the molecule is CCc1c(Oc2cc(C)cc(C)c2)n(CC=CC(=O)OC)c(=O)[nH]c1=O. The second-order valence-electron chi connectivity index (χ2n) is 5.86. The van der Waals surface area contributed by atoms with Crippen LogP contribution in [0.25, 0.3) is 0 Å². The topological polar surface area (TPSA) is 90.4 Å². The molecule has 0 aliphatic heterocycles. The van der Waals surface area contributed by atoms with Crippen LogP contribution in [0.2, 0.25) is 0 Å². The molecule has 0 saturated heterocycles. The van der Waals surface area contributed by atoms with Crippen LogP contribution in [0.5, 0.6) is 11.6 Å². The minimum atomic E-state index is -0.610. The number of nitrogens with one attached hydrogen (secondary N) is 1. The molecular weight excluding hydrogens is 336 g/mol. The van der Waals surface area contributed by atoms with Crippen LogP contribution in [0.15, 0.2) is 39.9 Å². The number of H-pyrrole nitrogens is 1. The lowest BCUT2D eigenvalue weighted by atomic mass is 10.1. The highest BCUT2D eigenvalue weighted by Crippen LogP contribution is 2.25. The molecule has 7 heteroatoms. The van der Waals surface area contributed by atoms with Gasteiger partial charge in [0.15, 0.2) is 0 Å². The van der Waals surface area contributed by atoms with Gasteiger partial charge in [-0.1, -0.05) is 19.1 Å². The van der Waals surface area contributed by atoms with Gasteiger partial charge in [-0.05, 0) is 43.5 Å². The molecule has 0 aliphatic rings. The zero-order valence-corrected chi connectivity index (χ0v) is 15.3. The maximum Gasteiger partial charge on any atom is 0.331 e. The van der Waals surface area contributed by atoms with E-state index in [1.165, 1.54) is 23.8 Å². The molecule has 138 valence electrons. The van der Waals surface area contributed by atoms with E-state index < -0.39 is 17.2 Å². The Bertz CT molecular complexity index is 933. The van der Waals surface area contributed by atoms with Crippen molar-refractivity contribution in [1.82, 2.24) is 9.55 Å². The molecule has 0 spiro atoms. The van der Waals surface area contributed by atoms with E-state index in [0.717, 1.165) is 11.1 Å². The van der Waals surface area contributed by atoms with Crippen molar-refractivity contribution < 1.29 is 14.3 Å². The smallest absolute Gasteiger partial charge is 0.331 e. The summed E-state index contributed by atoms with van der Waals surface area (Å²) in [5.74, 6) is 0.170. The third kappa shape index (κ3) is 4.50. The molecule has 0 radical (unpaired) electrons. The fraction of sp³-hybridized carbons (Fsp3) is 0.316. The Morgan fingerprint density at radius 2 is 1.85 bits per heavy atom. The molecule has 2 aromatic rings. The zero-order valence-electron chi connectivity index (χ0n) is 15.3. The molecule has 26 heavy (non-hydrogen) atoms. The largest absolute Gasteiger partial charge is 0.466 e. The van der Waals surface area contributed by atoms with Gasteiger partial charge in [-0.2, -0.15) is 0 Å². The highest BCUT2D eigenvalue weighted by molar-refractivity contribution is 5.81. The molecule has 7 nitrogen and oxygen atoms in total. The van der Waals surface area contributed by atoms with Crippen LogP contribution in [0.4, 0.5) is 0 Å². The van der Waals surface area contributed by atoms with Crippen molar-refractivity contribution in [2.24, 2.45) is 0 Å². The molecule has 1 N–H and O–H groups in total. The van der Waals surface area contributed by atoms with Crippen LogP contribution < -0.4 is 16.0 Å². The molecule has 0 aliphatic carbocycles. The molecule has 0 fully saturated rings. The lowest BCUT2D eigenvalue weighted by Crippen LogP contribution is -2.33. The first kappa shape index (κ1) is 19.2. The van der Waals surface area contributed by atoms with Gasteiger partial charge >= 0.3 is 11.7 Å². The minimum Gasteiger partial charge on any atom is -0.466 e. The molecule has 1 heterocycles. The standard InChI is InChI=1S/C19H22N2O5/c1-5-15-17(23)20-19(24)21(8-6-7-16(22)25-4)18(15)26-14-10-12(2)9-13(3)11-14/h6-7,9-11H,5,8H2,1-4H3,(H,20,23,24). The van der Waals surface area contributed by atoms with Gasteiger partial charge in [-0.15, -0.1) is 0 Å². The molecule has 0 unspecified atom stereocenters. The second-order valence-corrected chi connectivity index (χ2v) is 5.86. The maximum atomic E-state index is 12.3. The summed E-state index contributed by atoms with van der Waals surface area (Å²) >= 11 is 0. The van der Waals surface area contributed by atoms with Crippen LogP contribution in [-0.4, -0.2) is 22.6 Å². The van der Waals surface area contributed by atoms with Gasteiger partial charge in [0.05, 0.1) is 12.7 Å². The lowest BCUT2D eigenvalue weighted by Gasteiger charge is -2.15. The average Bonchev–Trinajstić information content (AvgIpc) is 2.56. The number of allylic oxidation sites excluding steroid dienone is 1. The summed E-state index contributed by atoms with van der Waals surface area (Å²) in [4.78, 5) is 37.9. The van der Waals surface area contributed by atoms with Gasteiger partial charge in [-0.25, -0.2) is 9.59 Å². The minimum absolute atomic E-state index is 0.0534. The molecule has 0 atom stereocenters. The lowest BCUT2D eigenvalue weighted by molar-refractivity contribution is -0.134. The summed E-state index contributed by atoms with van der Waals surface area (Å²) in [6.07, 6.45) is 3.07. The van der Waals surface area contributed by atoms with Gasteiger partial charge in [0, 0.05) is 12.6 Å². The first-order valence-corrected chi connectivity index (χ1v) is 8.22. The highest BCUT2D eigenvalue weighted by atomic mass is 16.5. The number of methoxy groups -OCH3 is 1. The number of ether oxygens (including phenoxy) is 2. The van der Waals surface area contributed by atoms with E-state index in [0.29, 0.717) is 17.7 Å². The number of hydrogen-bond acceptors (Lipinski definition) is 5. The van der Waals surface area contributed by atoms with E-state index >= 15 is 0 Å². The summed E-state index contributed by atoms with van der Waals surface area (Å²) in [6, 6.07) is 5.65. The number of hydrogen-bond donors (Lipinski definition) is 1. The van der Waals surface area contributed by atoms with Gasteiger partial charge < -0.3 is 9.47 Å². The Labute approximate surface area is 150 Å². The molecule has 0 amide bonds. The molecular formula is C19H22N2O5. The fourth-order valence-corrected chi connectivity index (χ4v) is 2.61. The van der Waals surface area contributed by atoms with Crippen LogP contribution in [0.3, 0.4) is 0 Å². The Hall–Kier alpha value is -3.09. The number of benzene rings is 1. The van der Waals surface area contributed by atoms with Crippen molar-refractivity contribution in [2.75, 3.05) is 7.11 Å². The molecule has 0 bridgehead atoms. The van der Waals surface area contributed by atoms with E-state index in [2.05, 4.69) is 9.72 Å². The zero-order chi connectivity index (χ0) is 19.3. The molecule has 0 saturated carbocycles. The fourth-order valence-electron chi connectivity index (χ4n) is 2.61. The van der Waals surface area contributed by atoms with Crippen molar-refractivity contribution >= 4 is 5.97 Å². The number of aryl methyl sites for hydroxylation is 2. The van der Waals surface area contributed by atoms with Crippen LogP contribution in [-0.2, 0) is 22.5 Å². The van der Waals surface area contributed by atoms with Crippen molar-refractivity contribution in [2.45, 2.75) is 33.7 Å². The number of rotatable bonds is 6. The highest BCUT2D eigenvalue weighted by Gasteiger charge is 2.16. The molecule has 1 aromatic heterocycles. The number of aromatic nitrogens is 2. The van der Waals surface area contributed by atoms with E-state index in [4.69, 9.17) is 4.74 Å². The summed E-state index contributed by atoms with van der Waals surface area (Å²) < 4.78 is 11.7. The third-order valence-corrected chi connectivity index (χ3v) is 3.75. The van der Waals surface area contributed by atoms with Crippen LogP contribution >= 0.6 is 0 Å². The first-order valence-electron chi connectivity index (χ1n) is 8.22. The van der Waals surface area contributed by atoms with E-state index in [1.807, 2.05) is 32.0 Å². The Kier molecular flexibility index (Phi) is 6.16. The van der Waals surface area contributed by atoms with Gasteiger partial charge in [0.25, 0.3) is 5.56 Å². The Morgan fingerprint density at radius 1 is 1.19 bits per heavy atom. The maximum absolute atomic E-state index is 12.3. The number of esters is 1.